The average Bonchev–Trinajstić information content (AvgIpc) is 2.47. The number of aryl methyl sites for hydroxylation is 2. The van der Waals surface area contributed by atoms with Gasteiger partial charge in [0, 0.05) is 19.2 Å². The molecule has 13 heavy (non-hydrogen) atoms. The topological polar surface area (TPSA) is 34.9 Å². The Bertz CT molecular complexity index is 291. The lowest BCUT2D eigenvalue weighted by atomic mass is 10.00. The van der Waals surface area contributed by atoms with Crippen molar-refractivity contribution in [1.82, 2.24) is 9.78 Å². The van der Waals surface area contributed by atoms with Gasteiger partial charge in [-0.3, -0.25) is 9.48 Å². The number of hydrogen-bond acceptors (Lipinski definition) is 2. The van der Waals surface area contributed by atoms with Gasteiger partial charge in [-0.05, 0) is 25.3 Å². The summed E-state index contributed by atoms with van der Waals surface area (Å²) in [7, 11) is 1.90. The highest BCUT2D eigenvalue weighted by molar-refractivity contribution is 5.77. The zero-order valence-corrected chi connectivity index (χ0v) is 8.45. The molecule has 1 unspecified atom stereocenters. The van der Waals surface area contributed by atoms with E-state index in [1.165, 1.54) is 5.56 Å². The fourth-order valence-corrected chi connectivity index (χ4v) is 1.19. The monoisotopic (exact) mass is 180 g/mol. The minimum absolute atomic E-state index is 0.167. The molecule has 0 fully saturated rings. The first-order chi connectivity index (χ1) is 6.09. The number of carbonyl (C=O) groups is 1. The van der Waals surface area contributed by atoms with Crippen molar-refractivity contribution in [1.29, 1.82) is 0 Å². The Morgan fingerprint density at radius 1 is 1.69 bits per heavy atom. The van der Waals surface area contributed by atoms with Crippen molar-refractivity contribution in [2.45, 2.75) is 26.7 Å². The SMILES string of the molecule is CC(=O)C(C)CCc1cnn(C)c1. The molecular formula is C10H16N2O. The molecule has 1 aromatic heterocycles. The Balaban J connectivity index is 2.39. The summed E-state index contributed by atoms with van der Waals surface area (Å²) < 4.78 is 1.79. The van der Waals surface area contributed by atoms with Crippen LogP contribution in [0.3, 0.4) is 0 Å². The number of aromatic nitrogens is 2. The lowest BCUT2D eigenvalue weighted by Crippen LogP contribution is -2.06. The molecular weight excluding hydrogens is 164 g/mol. The number of hydrogen-bond donors (Lipinski definition) is 0. The summed E-state index contributed by atoms with van der Waals surface area (Å²) in [4.78, 5) is 10.9. The quantitative estimate of drug-likeness (QED) is 0.705. The molecule has 0 bridgehead atoms. The molecule has 0 radical (unpaired) electrons. The Hall–Kier alpha value is -1.12. The van der Waals surface area contributed by atoms with Crippen molar-refractivity contribution in [2.24, 2.45) is 13.0 Å². The van der Waals surface area contributed by atoms with Crippen LogP contribution in [0.25, 0.3) is 0 Å². The molecule has 3 heteroatoms. The van der Waals surface area contributed by atoms with Crippen LogP contribution in [-0.4, -0.2) is 15.6 Å². The molecule has 0 saturated heterocycles. The number of Topliss-reactive ketones (excluding diaryl/α,β-unsaturated/α-hetero) is 1. The Kier molecular flexibility index (Phi) is 3.23. The van der Waals surface area contributed by atoms with Gasteiger partial charge in [-0.1, -0.05) is 6.92 Å². The first-order valence-electron chi connectivity index (χ1n) is 4.57. The van der Waals surface area contributed by atoms with Crippen LogP contribution in [0.4, 0.5) is 0 Å². The fraction of sp³-hybridized carbons (Fsp3) is 0.600. The van der Waals surface area contributed by atoms with Crippen LogP contribution in [0, 0.1) is 5.92 Å². The molecule has 0 amide bonds. The molecule has 0 aliphatic heterocycles. The van der Waals surface area contributed by atoms with Crippen LogP contribution in [0.1, 0.15) is 25.8 Å². The summed E-state index contributed by atoms with van der Waals surface area (Å²) in [6.45, 7) is 3.62. The van der Waals surface area contributed by atoms with E-state index in [0.29, 0.717) is 0 Å². The van der Waals surface area contributed by atoms with Gasteiger partial charge in [0.15, 0.2) is 0 Å². The molecule has 0 aromatic carbocycles. The smallest absolute Gasteiger partial charge is 0.132 e. The molecule has 0 aliphatic carbocycles. The van der Waals surface area contributed by atoms with E-state index in [1.54, 1.807) is 11.6 Å². The first-order valence-corrected chi connectivity index (χ1v) is 4.57. The second-order valence-corrected chi connectivity index (χ2v) is 3.57. The van der Waals surface area contributed by atoms with Gasteiger partial charge < -0.3 is 0 Å². The molecule has 72 valence electrons. The largest absolute Gasteiger partial charge is 0.300 e. The van der Waals surface area contributed by atoms with Crippen molar-refractivity contribution in [2.75, 3.05) is 0 Å². The lowest BCUT2D eigenvalue weighted by molar-refractivity contribution is -0.120. The zero-order chi connectivity index (χ0) is 9.84. The summed E-state index contributed by atoms with van der Waals surface area (Å²) in [5, 5.41) is 4.07. The van der Waals surface area contributed by atoms with Crippen molar-refractivity contribution in [3.05, 3.63) is 18.0 Å². The summed E-state index contributed by atoms with van der Waals surface area (Å²) >= 11 is 0. The third kappa shape index (κ3) is 3.01. The van der Waals surface area contributed by atoms with Crippen LogP contribution in [0.2, 0.25) is 0 Å². The normalized spacial score (nSPS) is 12.8. The molecule has 0 spiro atoms. The highest BCUT2D eigenvalue weighted by atomic mass is 16.1. The van der Waals surface area contributed by atoms with Gasteiger partial charge in [-0.2, -0.15) is 5.10 Å². The van der Waals surface area contributed by atoms with Crippen LogP contribution in [0.5, 0.6) is 0 Å². The van der Waals surface area contributed by atoms with Crippen LogP contribution in [0.15, 0.2) is 12.4 Å². The summed E-state index contributed by atoms with van der Waals surface area (Å²) in [5.74, 6) is 0.434. The van der Waals surface area contributed by atoms with E-state index in [1.807, 2.05) is 26.4 Å². The van der Waals surface area contributed by atoms with Crippen LogP contribution < -0.4 is 0 Å². The average molecular weight is 180 g/mol. The van der Waals surface area contributed by atoms with Gasteiger partial charge in [-0.15, -0.1) is 0 Å². The van der Waals surface area contributed by atoms with Crippen LogP contribution in [-0.2, 0) is 18.3 Å². The van der Waals surface area contributed by atoms with E-state index in [0.717, 1.165) is 12.8 Å². The summed E-state index contributed by atoms with van der Waals surface area (Å²) in [5.41, 5.74) is 1.20. The van der Waals surface area contributed by atoms with Gasteiger partial charge in [0.1, 0.15) is 5.78 Å². The van der Waals surface area contributed by atoms with Gasteiger partial charge >= 0.3 is 0 Å². The molecule has 1 atom stereocenters. The predicted molar refractivity (Wildman–Crippen MR) is 51.4 cm³/mol. The third-order valence-electron chi connectivity index (χ3n) is 2.32. The van der Waals surface area contributed by atoms with E-state index in [-0.39, 0.29) is 11.7 Å². The highest BCUT2D eigenvalue weighted by Crippen LogP contribution is 2.09. The molecule has 1 rings (SSSR count). The number of carbonyl (C=O) groups excluding carboxylic acids is 1. The molecule has 1 aromatic rings. The Labute approximate surface area is 78.8 Å². The standard InChI is InChI=1S/C10H16N2O/c1-8(9(2)13)4-5-10-6-11-12(3)7-10/h6-8H,4-5H2,1-3H3. The molecule has 0 saturated carbocycles. The maximum Gasteiger partial charge on any atom is 0.132 e. The van der Waals surface area contributed by atoms with Crippen molar-refractivity contribution >= 4 is 5.78 Å². The first kappa shape index (κ1) is 9.96. The highest BCUT2D eigenvalue weighted by Gasteiger charge is 2.07. The number of rotatable bonds is 4. The van der Waals surface area contributed by atoms with E-state index in [9.17, 15) is 4.79 Å². The minimum atomic E-state index is 0.167. The van der Waals surface area contributed by atoms with Crippen molar-refractivity contribution < 1.29 is 4.79 Å². The summed E-state index contributed by atoms with van der Waals surface area (Å²) in [6.07, 6.45) is 5.70. The molecule has 0 aliphatic rings. The molecule has 3 nitrogen and oxygen atoms in total. The van der Waals surface area contributed by atoms with Crippen molar-refractivity contribution in [3.63, 3.8) is 0 Å². The van der Waals surface area contributed by atoms with E-state index >= 15 is 0 Å². The van der Waals surface area contributed by atoms with E-state index < -0.39 is 0 Å². The zero-order valence-electron chi connectivity index (χ0n) is 8.45. The maximum absolute atomic E-state index is 10.9. The lowest BCUT2D eigenvalue weighted by Gasteiger charge is -2.04. The molecule has 0 N–H and O–H groups in total. The number of nitrogens with zero attached hydrogens (tertiary/aromatic N) is 2. The second kappa shape index (κ2) is 4.21. The minimum Gasteiger partial charge on any atom is -0.300 e. The maximum atomic E-state index is 10.9. The molecule has 1 heterocycles. The van der Waals surface area contributed by atoms with Gasteiger partial charge in [0.25, 0.3) is 0 Å². The third-order valence-corrected chi connectivity index (χ3v) is 2.32. The van der Waals surface area contributed by atoms with Gasteiger partial charge in [0.2, 0.25) is 0 Å². The number of ketones is 1. The van der Waals surface area contributed by atoms with E-state index in [4.69, 9.17) is 0 Å². The summed E-state index contributed by atoms with van der Waals surface area (Å²) in [6, 6.07) is 0. The van der Waals surface area contributed by atoms with Gasteiger partial charge in [0.05, 0.1) is 6.20 Å². The van der Waals surface area contributed by atoms with E-state index in [2.05, 4.69) is 5.10 Å². The Morgan fingerprint density at radius 2 is 2.38 bits per heavy atom. The fourth-order valence-electron chi connectivity index (χ4n) is 1.19. The van der Waals surface area contributed by atoms with Gasteiger partial charge in [-0.25, -0.2) is 0 Å². The van der Waals surface area contributed by atoms with Crippen molar-refractivity contribution in [3.8, 4) is 0 Å². The second-order valence-electron chi connectivity index (χ2n) is 3.57. The van der Waals surface area contributed by atoms with Crippen LogP contribution >= 0.6 is 0 Å². The Morgan fingerprint density at radius 3 is 2.85 bits per heavy atom. The predicted octanol–water partition coefficient (Wildman–Crippen LogP) is 1.58.